The number of hydrogen-bond donors (Lipinski definition) is 2. The van der Waals surface area contributed by atoms with Crippen molar-refractivity contribution in [2.24, 2.45) is 5.73 Å². The van der Waals surface area contributed by atoms with Crippen LogP contribution < -0.4 is 10.3 Å². The molecule has 6 aromatic rings. The van der Waals surface area contributed by atoms with Crippen LogP contribution in [0.5, 0.6) is 0 Å². The summed E-state index contributed by atoms with van der Waals surface area (Å²) in [5, 5.41) is 4.92. The Morgan fingerprint density at radius 3 is 2.30 bits per heavy atom. The van der Waals surface area contributed by atoms with Crippen LogP contribution in [0.3, 0.4) is 0 Å². The van der Waals surface area contributed by atoms with Crippen LogP contribution in [0.25, 0.3) is 32.7 Å². The monoisotopic (exact) mass is 554 g/mol. The molecule has 3 heteroatoms. The zero-order chi connectivity index (χ0) is 29.2. The number of allylic oxidation sites excluding steroid dienone is 6. The Hall–Kier alpha value is -5.67. The van der Waals surface area contributed by atoms with Crippen molar-refractivity contribution in [2.45, 2.75) is 6.92 Å². The lowest BCUT2D eigenvalue weighted by Crippen LogP contribution is -2.27. The van der Waals surface area contributed by atoms with Crippen LogP contribution in [-0.4, -0.2) is 10.7 Å². The zero-order valence-electron chi connectivity index (χ0n) is 24.0. The summed E-state index contributed by atoms with van der Waals surface area (Å²) in [4.78, 5) is 3.34. The number of fused-ring (bicyclic) bond motifs is 4. The van der Waals surface area contributed by atoms with Crippen molar-refractivity contribution in [2.75, 3.05) is 0 Å². The van der Waals surface area contributed by atoms with E-state index in [4.69, 9.17) is 5.73 Å². The first-order chi connectivity index (χ1) is 21.2. The minimum absolute atomic E-state index is 1.05. The largest absolute Gasteiger partial charge is 0.405 e. The number of nitrogens with two attached hydrogens (primary N) is 1. The van der Waals surface area contributed by atoms with Crippen molar-refractivity contribution in [3.8, 4) is 0 Å². The molecule has 1 aromatic heterocycles. The van der Waals surface area contributed by atoms with Crippen molar-refractivity contribution in [1.82, 2.24) is 9.56 Å². The van der Waals surface area contributed by atoms with E-state index in [1.807, 2.05) is 18.3 Å². The first kappa shape index (κ1) is 26.2. The zero-order valence-corrected chi connectivity index (χ0v) is 24.0. The molecular formula is C40H32N3+. The van der Waals surface area contributed by atoms with Gasteiger partial charge in [-0.3, -0.25) is 0 Å². The van der Waals surface area contributed by atoms with Gasteiger partial charge < -0.3 is 10.7 Å². The topological polar surface area (TPSA) is 44.8 Å². The molecular weight excluding hydrogens is 522 g/mol. The number of nitrogens with one attached hydrogen (secondary N) is 1. The molecule has 0 bridgehead atoms. The molecule has 0 atom stereocenters. The molecule has 2 heterocycles. The minimum Gasteiger partial charge on any atom is -0.405 e. The van der Waals surface area contributed by atoms with Crippen LogP contribution >= 0.6 is 0 Å². The molecule has 1 aliphatic heterocycles. The predicted molar refractivity (Wildman–Crippen MR) is 184 cm³/mol. The maximum atomic E-state index is 5.68. The standard InChI is InChI=1S/C40H31N3/c1-2-28(31-17-16-29-10-6-7-11-30(29)26-31)20-23-39-37-22-19-33-27-32(35(14-8-24-41)38-15-9-25-42-38)18-21-36(33)40(37)43(39)34-12-4-3-5-13-34/h2-27,41-42H,1H3/p+1/b23-20-,28-2+. The highest BCUT2D eigenvalue weighted by molar-refractivity contribution is 6.25. The normalized spacial score (nSPS) is 13.8. The molecule has 5 aromatic carbocycles. The fourth-order valence-electron chi connectivity index (χ4n) is 6.01. The molecule has 206 valence electrons. The van der Waals surface area contributed by atoms with Gasteiger partial charge in [-0.2, -0.15) is 4.58 Å². The Kier molecular flexibility index (Phi) is 6.90. The van der Waals surface area contributed by atoms with Gasteiger partial charge in [-0.1, -0.05) is 78.9 Å². The van der Waals surface area contributed by atoms with Gasteiger partial charge in [0.05, 0.1) is 5.39 Å². The Labute approximate surface area is 252 Å². The molecule has 0 unspecified atom stereocenters. The fraction of sp³-hybridized carbons (Fsp3) is 0.0250. The highest BCUT2D eigenvalue weighted by Gasteiger charge is 2.37. The number of aromatic nitrogens is 1. The number of hydrogen-bond acceptors (Lipinski definition) is 1. The molecule has 0 spiro atoms. The van der Waals surface area contributed by atoms with E-state index in [2.05, 4.69) is 150 Å². The van der Waals surface area contributed by atoms with E-state index in [9.17, 15) is 0 Å². The summed E-state index contributed by atoms with van der Waals surface area (Å²) < 4.78 is 2.38. The molecule has 0 fully saturated rings. The smallest absolute Gasteiger partial charge is 0.233 e. The van der Waals surface area contributed by atoms with Crippen LogP contribution in [0, 0.1) is 0 Å². The summed E-state index contributed by atoms with van der Waals surface area (Å²) in [5.74, 6) is 0. The van der Waals surface area contributed by atoms with Crippen molar-refractivity contribution in [3.63, 3.8) is 0 Å². The maximum Gasteiger partial charge on any atom is 0.233 e. The second-order valence-electron chi connectivity index (χ2n) is 10.6. The summed E-state index contributed by atoms with van der Waals surface area (Å²) in [6, 6.07) is 41.1. The van der Waals surface area contributed by atoms with Gasteiger partial charge in [0.2, 0.25) is 17.1 Å². The number of benzene rings is 5. The molecule has 1 aliphatic rings. The summed E-state index contributed by atoms with van der Waals surface area (Å²) >= 11 is 0. The summed E-state index contributed by atoms with van der Waals surface area (Å²) in [7, 11) is 0. The molecule has 3 N–H and O–H groups in total. The lowest BCUT2D eigenvalue weighted by Gasteiger charge is -2.20. The fourth-order valence-corrected chi connectivity index (χ4v) is 6.01. The van der Waals surface area contributed by atoms with Gasteiger partial charge in [-0.15, -0.1) is 0 Å². The highest BCUT2D eigenvalue weighted by Crippen LogP contribution is 2.41. The third kappa shape index (κ3) is 4.81. The van der Waals surface area contributed by atoms with Gasteiger partial charge in [0.1, 0.15) is 5.56 Å². The first-order valence-electron chi connectivity index (χ1n) is 14.6. The van der Waals surface area contributed by atoms with Gasteiger partial charge in [0.15, 0.2) is 0 Å². The minimum atomic E-state index is 1.05. The Balaban J connectivity index is 1.31. The van der Waals surface area contributed by atoms with Crippen LogP contribution in [0.1, 0.15) is 29.3 Å². The van der Waals surface area contributed by atoms with E-state index >= 15 is 0 Å². The lowest BCUT2D eigenvalue weighted by atomic mass is 9.90. The van der Waals surface area contributed by atoms with E-state index in [1.165, 1.54) is 49.6 Å². The summed E-state index contributed by atoms with van der Waals surface area (Å²) in [6.07, 6.45) is 14.1. The lowest BCUT2D eigenvalue weighted by molar-refractivity contribution is 1.05. The molecule has 43 heavy (non-hydrogen) atoms. The maximum absolute atomic E-state index is 5.68. The Morgan fingerprint density at radius 2 is 1.51 bits per heavy atom. The van der Waals surface area contributed by atoms with Crippen LogP contribution in [-0.2, 0) is 0 Å². The molecule has 7 rings (SSSR count). The van der Waals surface area contributed by atoms with E-state index in [1.54, 1.807) is 6.20 Å². The third-order valence-corrected chi connectivity index (χ3v) is 8.13. The van der Waals surface area contributed by atoms with E-state index in [0.717, 1.165) is 22.5 Å². The SMILES string of the molecule is C/C=C(\C=C/C1=[N+](c2ccccc2)c2c1ccc1cc(/C(=C/C=C\N)c3ccc[nH]3)ccc21)c1ccc2ccccc2c1. The Morgan fingerprint density at radius 1 is 0.744 bits per heavy atom. The molecule has 0 amide bonds. The molecule has 0 saturated carbocycles. The first-order valence-corrected chi connectivity index (χ1v) is 14.6. The van der Waals surface area contributed by atoms with Crippen molar-refractivity contribution in [1.29, 1.82) is 0 Å². The van der Waals surface area contributed by atoms with Crippen LogP contribution in [0.2, 0.25) is 0 Å². The molecule has 0 radical (unpaired) electrons. The summed E-state index contributed by atoms with van der Waals surface area (Å²) in [6.45, 7) is 2.10. The van der Waals surface area contributed by atoms with Gasteiger partial charge in [0, 0.05) is 35.7 Å². The number of H-pyrrole nitrogens is 1. The number of aromatic amines is 1. The number of nitrogens with zero attached hydrogens (tertiary/aromatic N) is 1. The van der Waals surface area contributed by atoms with Gasteiger partial charge in [-0.05, 0) is 94.5 Å². The molecule has 0 aliphatic carbocycles. The summed E-state index contributed by atoms with van der Waals surface area (Å²) in [5.41, 5.74) is 16.2. The average Bonchev–Trinajstić information content (AvgIpc) is 3.58. The highest BCUT2D eigenvalue weighted by atomic mass is 15.1. The second kappa shape index (κ2) is 11.3. The second-order valence-corrected chi connectivity index (χ2v) is 10.6. The van der Waals surface area contributed by atoms with Crippen molar-refractivity contribution < 1.29 is 0 Å². The van der Waals surface area contributed by atoms with Crippen LogP contribution in [0.15, 0.2) is 158 Å². The van der Waals surface area contributed by atoms with Crippen molar-refractivity contribution in [3.05, 3.63) is 180 Å². The third-order valence-electron chi connectivity index (χ3n) is 8.13. The average molecular weight is 555 g/mol. The Bertz CT molecular complexity index is 2120. The molecule has 0 saturated heterocycles. The van der Waals surface area contributed by atoms with Gasteiger partial charge >= 0.3 is 0 Å². The van der Waals surface area contributed by atoms with E-state index < -0.39 is 0 Å². The van der Waals surface area contributed by atoms with Crippen molar-refractivity contribution >= 4 is 49.8 Å². The van der Waals surface area contributed by atoms with Crippen LogP contribution in [0.4, 0.5) is 11.4 Å². The molecule has 3 nitrogen and oxygen atoms in total. The quantitative estimate of drug-likeness (QED) is 0.150. The predicted octanol–water partition coefficient (Wildman–Crippen LogP) is 9.52. The van der Waals surface area contributed by atoms with Gasteiger partial charge in [-0.25, -0.2) is 0 Å². The van der Waals surface area contributed by atoms with E-state index in [-0.39, 0.29) is 0 Å². The van der Waals surface area contributed by atoms with Gasteiger partial charge in [0.25, 0.3) is 0 Å². The number of para-hydroxylation sites is 1. The van der Waals surface area contributed by atoms with E-state index in [0.29, 0.717) is 0 Å². The number of rotatable bonds is 7.